The quantitative estimate of drug-likeness (QED) is 0.910. The lowest BCUT2D eigenvalue weighted by Crippen LogP contribution is -2.09. The van der Waals surface area contributed by atoms with Crippen molar-refractivity contribution in [2.75, 3.05) is 0 Å². The highest BCUT2D eigenvalue weighted by Crippen LogP contribution is 2.23. The van der Waals surface area contributed by atoms with Gasteiger partial charge in [0.05, 0.1) is 34.7 Å². The molecule has 2 heterocycles. The Hall–Kier alpha value is -1.21. The molecule has 0 spiro atoms. The first-order chi connectivity index (χ1) is 9.06. The molecule has 2 aromatic heterocycles. The summed E-state index contributed by atoms with van der Waals surface area (Å²) in [4.78, 5) is 0. The molecule has 0 radical (unpaired) electrons. The third-order valence-electron chi connectivity index (χ3n) is 2.99. The second-order valence-electron chi connectivity index (χ2n) is 4.39. The summed E-state index contributed by atoms with van der Waals surface area (Å²) in [5.41, 5.74) is 2.70. The highest BCUT2D eigenvalue weighted by Gasteiger charge is 2.15. The van der Waals surface area contributed by atoms with Crippen molar-refractivity contribution in [1.29, 1.82) is 0 Å². The fraction of sp³-hybridized carbons (Fsp3) is 0.583. The Morgan fingerprint density at radius 3 is 2.68 bits per heavy atom. The van der Waals surface area contributed by atoms with E-state index in [1.54, 1.807) is 17.8 Å². The monoisotopic (exact) mass is 327 g/mol. The summed E-state index contributed by atoms with van der Waals surface area (Å²) in [5.74, 6) is 0. The van der Waals surface area contributed by atoms with Gasteiger partial charge in [-0.1, -0.05) is 12.1 Å². The number of aromatic nitrogens is 5. The molecule has 2 rings (SSSR count). The summed E-state index contributed by atoms with van der Waals surface area (Å²) in [5, 5.41) is 22.0. The van der Waals surface area contributed by atoms with Gasteiger partial charge in [0.1, 0.15) is 5.69 Å². The highest BCUT2D eigenvalue weighted by atomic mass is 79.9. The minimum atomic E-state index is -0.598. The van der Waals surface area contributed by atoms with Crippen LogP contribution in [0.4, 0.5) is 0 Å². The molecular weight excluding hydrogens is 310 g/mol. The minimum Gasteiger partial charge on any atom is -0.387 e. The molecule has 6 nitrogen and oxygen atoms in total. The molecule has 0 bridgehead atoms. The lowest BCUT2D eigenvalue weighted by molar-refractivity contribution is 0.194. The number of nitrogens with zero attached hydrogens (tertiary/aromatic N) is 5. The summed E-state index contributed by atoms with van der Waals surface area (Å²) < 4.78 is 4.72. The number of hydrogen-bond donors (Lipinski definition) is 1. The summed E-state index contributed by atoms with van der Waals surface area (Å²) in [6.45, 7) is 7.21. The van der Waals surface area contributed by atoms with Crippen LogP contribution in [0.5, 0.6) is 0 Å². The maximum Gasteiger partial charge on any atom is 0.111 e. The van der Waals surface area contributed by atoms with E-state index in [4.69, 9.17) is 0 Å². The zero-order valence-corrected chi connectivity index (χ0v) is 12.9. The van der Waals surface area contributed by atoms with Crippen molar-refractivity contribution in [2.45, 2.75) is 46.4 Å². The number of hydrogen-bond acceptors (Lipinski definition) is 4. The Bertz CT molecular complexity index is 560. The molecule has 0 aliphatic heterocycles. The molecule has 0 saturated heterocycles. The first kappa shape index (κ1) is 14.2. The van der Waals surface area contributed by atoms with Crippen LogP contribution in [0, 0.1) is 0 Å². The second kappa shape index (κ2) is 5.83. The number of halogens is 1. The molecule has 0 aliphatic rings. The second-order valence-corrected chi connectivity index (χ2v) is 5.19. The largest absolute Gasteiger partial charge is 0.387 e. The van der Waals surface area contributed by atoms with Gasteiger partial charge in [-0.3, -0.25) is 4.68 Å². The van der Waals surface area contributed by atoms with Crippen molar-refractivity contribution in [3.63, 3.8) is 0 Å². The van der Waals surface area contributed by atoms with Crippen molar-refractivity contribution >= 4 is 15.9 Å². The number of aryl methyl sites for hydroxylation is 2. The molecular formula is C12H18BrN5O. The number of rotatable bonds is 5. The average Bonchev–Trinajstić information content (AvgIpc) is 2.96. The molecule has 7 heteroatoms. The van der Waals surface area contributed by atoms with Gasteiger partial charge in [0.15, 0.2) is 0 Å². The van der Waals surface area contributed by atoms with E-state index in [0.29, 0.717) is 12.2 Å². The van der Waals surface area contributed by atoms with Gasteiger partial charge in [-0.15, -0.1) is 5.10 Å². The first-order valence-corrected chi connectivity index (χ1v) is 7.18. The van der Waals surface area contributed by atoms with E-state index >= 15 is 0 Å². The van der Waals surface area contributed by atoms with Gasteiger partial charge >= 0.3 is 0 Å². The predicted octanol–water partition coefficient (Wildman–Crippen LogP) is 1.92. The Morgan fingerprint density at radius 1 is 1.42 bits per heavy atom. The molecule has 2 aromatic rings. The molecule has 1 N–H and O–H groups in total. The van der Waals surface area contributed by atoms with Crippen LogP contribution in [-0.4, -0.2) is 29.9 Å². The maximum atomic E-state index is 9.46. The van der Waals surface area contributed by atoms with Crippen molar-refractivity contribution in [3.05, 3.63) is 27.8 Å². The Balaban J connectivity index is 2.29. The zero-order valence-electron chi connectivity index (χ0n) is 11.3. The summed E-state index contributed by atoms with van der Waals surface area (Å²) in [6.07, 6.45) is 2.05. The molecule has 0 saturated carbocycles. The molecule has 19 heavy (non-hydrogen) atoms. The van der Waals surface area contributed by atoms with Crippen molar-refractivity contribution in [3.8, 4) is 0 Å². The number of aliphatic hydroxyl groups excluding tert-OH is 1. The molecule has 1 unspecified atom stereocenters. The summed E-state index contributed by atoms with van der Waals surface area (Å²) in [7, 11) is 0. The van der Waals surface area contributed by atoms with Crippen LogP contribution in [0.15, 0.2) is 10.7 Å². The number of aliphatic hydroxyl groups is 1. The Labute approximate surface area is 120 Å². The summed E-state index contributed by atoms with van der Waals surface area (Å²) >= 11 is 3.60. The van der Waals surface area contributed by atoms with Crippen molar-refractivity contribution in [1.82, 2.24) is 24.8 Å². The van der Waals surface area contributed by atoms with E-state index in [0.717, 1.165) is 28.8 Å². The van der Waals surface area contributed by atoms with Gasteiger partial charge in [-0.2, -0.15) is 5.10 Å². The lowest BCUT2D eigenvalue weighted by atomic mass is 10.3. The molecule has 0 fully saturated rings. The van der Waals surface area contributed by atoms with Crippen LogP contribution in [0.25, 0.3) is 0 Å². The van der Waals surface area contributed by atoms with Crippen LogP contribution >= 0.6 is 15.9 Å². The first-order valence-electron chi connectivity index (χ1n) is 6.38. The van der Waals surface area contributed by atoms with E-state index in [1.165, 1.54) is 0 Å². The molecule has 0 aromatic carbocycles. The van der Waals surface area contributed by atoms with E-state index in [2.05, 4.69) is 45.2 Å². The van der Waals surface area contributed by atoms with Gasteiger partial charge in [0.25, 0.3) is 0 Å². The van der Waals surface area contributed by atoms with Crippen LogP contribution in [0.1, 0.15) is 44.0 Å². The Kier molecular flexibility index (Phi) is 4.36. The minimum absolute atomic E-state index is 0.578. The molecule has 0 aliphatic carbocycles. The van der Waals surface area contributed by atoms with E-state index in [9.17, 15) is 5.11 Å². The van der Waals surface area contributed by atoms with Crippen LogP contribution < -0.4 is 0 Å². The molecule has 0 amide bonds. The van der Waals surface area contributed by atoms with E-state index in [1.807, 2.05) is 4.68 Å². The van der Waals surface area contributed by atoms with Gasteiger partial charge in [0, 0.05) is 6.54 Å². The smallest absolute Gasteiger partial charge is 0.111 e. The van der Waals surface area contributed by atoms with Gasteiger partial charge < -0.3 is 5.11 Å². The van der Waals surface area contributed by atoms with Crippen LogP contribution in [-0.2, 0) is 19.5 Å². The van der Waals surface area contributed by atoms with Crippen LogP contribution in [0.2, 0.25) is 0 Å². The third kappa shape index (κ3) is 2.87. The highest BCUT2D eigenvalue weighted by molar-refractivity contribution is 9.10. The van der Waals surface area contributed by atoms with Gasteiger partial charge in [-0.25, -0.2) is 4.68 Å². The summed E-state index contributed by atoms with van der Waals surface area (Å²) in [6, 6.07) is 0. The fourth-order valence-electron chi connectivity index (χ4n) is 1.90. The standard InChI is InChI=1S/C12H18BrN5O/c1-4-9-12(13)11(18(5-2)15-9)7-17-6-10(8(3)19)14-16-17/h6,8,19H,4-5,7H2,1-3H3. The SMILES string of the molecule is CCc1nn(CC)c(Cn2cc(C(C)O)nn2)c1Br. The van der Waals surface area contributed by atoms with E-state index < -0.39 is 6.10 Å². The van der Waals surface area contributed by atoms with Gasteiger partial charge in [0.2, 0.25) is 0 Å². The van der Waals surface area contributed by atoms with Crippen molar-refractivity contribution < 1.29 is 5.11 Å². The lowest BCUT2D eigenvalue weighted by Gasteiger charge is -2.05. The topological polar surface area (TPSA) is 68.8 Å². The average molecular weight is 328 g/mol. The molecule has 1 atom stereocenters. The predicted molar refractivity (Wildman–Crippen MR) is 74.7 cm³/mol. The normalized spacial score (nSPS) is 12.9. The fourth-order valence-corrected chi connectivity index (χ4v) is 2.59. The van der Waals surface area contributed by atoms with E-state index in [-0.39, 0.29) is 0 Å². The Morgan fingerprint density at radius 2 is 2.16 bits per heavy atom. The maximum absolute atomic E-state index is 9.46. The van der Waals surface area contributed by atoms with Crippen LogP contribution in [0.3, 0.4) is 0 Å². The van der Waals surface area contributed by atoms with Crippen molar-refractivity contribution in [2.24, 2.45) is 0 Å². The third-order valence-corrected chi connectivity index (χ3v) is 3.91. The van der Waals surface area contributed by atoms with Gasteiger partial charge in [-0.05, 0) is 36.2 Å². The molecule has 104 valence electrons. The zero-order chi connectivity index (χ0) is 14.0.